The molecule has 0 radical (unpaired) electrons. The lowest BCUT2D eigenvalue weighted by Gasteiger charge is -2.21. The second kappa shape index (κ2) is 10.3. The summed E-state index contributed by atoms with van der Waals surface area (Å²) in [5.74, 6) is 0.206. The van der Waals surface area contributed by atoms with E-state index >= 15 is 0 Å². The molecule has 148 valence electrons. The molecule has 0 bridgehead atoms. The fraction of sp³-hybridized carbons (Fsp3) is 0.364. The van der Waals surface area contributed by atoms with Crippen molar-refractivity contribution in [2.75, 3.05) is 10.6 Å². The molecule has 1 fully saturated rings. The Hall–Kier alpha value is -1.54. The third kappa shape index (κ3) is 6.24. The molecule has 6 heteroatoms. The molecule has 28 heavy (non-hydrogen) atoms. The Morgan fingerprint density at radius 1 is 1.00 bits per heavy atom. The molecule has 4 nitrogen and oxygen atoms in total. The van der Waals surface area contributed by atoms with Crippen LogP contribution in [0.3, 0.4) is 0 Å². The Labute approximate surface area is 184 Å². The summed E-state index contributed by atoms with van der Waals surface area (Å²) in [6.45, 7) is 1.89. The van der Waals surface area contributed by atoms with Crippen LogP contribution in [0.4, 0.5) is 11.4 Å². The van der Waals surface area contributed by atoms with Gasteiger partial charge in [0.05, 0.1) is 5.25 Å². The number of amides is 2. The Kier molecular flexibility index (Phi) is 7.79. The second-order valence-electron chi connectivity index (χ2n) is 7.11. The van der Waals surface area contributed by atoms with Crippen LogP contribution in [0.2, 0.25) is 0 Å². The van der Waals surface area contributed by atoms with Gasteiger partial charge in [0.1, 0.15) is 0 Å². The Balaban J connectivity index is 1.56. The minimum atomic E-state index is -0.247. The largest absolute Gasteiger partial charge is 0.326 e. The second-order valence-corrected chi connectivity index (χ2v) is 9.77. The van der Waals surface area contributed by atoms with E-state index in [-0.39, 0.29) is 23.0 Å². The van der Waals surface area contributed by atoms with Crippen LogP contribution in [0.5, 0.6) is 0 Å². The van der Waals surface area contributed by atoms with Gasteiger partial charge in [0, 0.05) is 25.8 Å². The first-order valence-corrected chi connectivity index (χ1v) is 11.6. The Morgan fingerprint density at radius 2 is 1.71 bits per heavy atom. The maximum atomic E-state index is 12.5. The molecule has 1 aliphatic carbocycles. The van der Waals surface area contributed by atoms with Gasteiger partial charge in [-0.1, -0.05) is 25.3 Å². The van der Waals surface area contributed by atoms with Gasteiger partial charge in [-0.2, -0.15) is 0 Å². The molecule has 0 spiro atoms. The van der Waals surface area contributed by atoms with Gasteiger partial charge in [-0.05, 0) is 84.8 Å². The summed E-state index contributed by atoms with van der Waals surface area (Å²) in [5.41, 5.74) is 1.59. The van der Waals surface area contributed by atoms with Crippen LogP contribution in [0.25, 0.3) is 0 Å². The number of anilines is 2. The first kappa shape index (κ1) is 21.2. The molecule has 0 aliphatic heterocycles. The van der Waals surface area contributed by atoms with Crippen molar-refractivity contribution < 1.29 is 9.59 Å². The standard InChI is InChI=1S/C22H25IN2O2S/c1-15(21(26)24-18-12-10-17(23)11-13-18)28-20-9-5-8-19(14-20)25-22(27)16-6-3-2-4-7-16/h5,8-16H,2-4,6-7H2,1H3,(H,24,26)(H,25,27). The zero-order valence-electron chi connectivity index (χ0n) is 15.9. The molecule has 0 saturated heterocycles. The average molecular weight is 508 g/mol. The summed E-state index contributed by atoms with van der Waals surface area (Å²) in [4.78, 5) is 25.9. The highest BCUT2D eigenvalue weighted by Gasteiger charge is 2.21. The summed E-state index contributed by atoms with van der Waals surface area (Å²) < 4.78 is 1.13. The van der Waals surface area contributed by atoms with Crippen LogP contribution in [-0.4, -0.2) is 17.1 Å². The highest BCUT2D eigenvalue weighted by Crippen LogP contribution is 2.28. The number of halogens is 1. The molecule has 1 atom stereocenters. The number of rotatable bonds is 6. The van der Waals surface area contributed by atoms with Crippen LogP contribution in [0, 0.1) is 9.49 Å². The zero-order valence-corrected chi connectivity index (χ0v) is 18.9. The molecule has 1 saturated carbocycles. The molecule has 3 rings (SSSR count). The lowest BCUT2D eigenvalue weighted by atomic mass is 9.88. The normalized spacial score (nSPS) is 15.6. The summed E-state index contributed by atoms with van der Waals surface area (Å²) >= 11 is 3.72. The van der Waals surface area contributed by atoms with Crippen molar-refractivity contribution in [1.29, 1.82) is 0 Å². The number of carbonyl (C=O) groups excluding carboxylic acids is 2. The third-order valence-corrected chi connectivity index (χ3v) is 6.68. The van der Waals surface area contributed by atoms with E-state index in [2.05, 4.69) is 33.2 Å². The SMILES string of the molecule is CC(Sc1cccc(NC(=O)C2CCCCC2)c1)C(=O)Nc1ccc(I)cc1. The molecular weight excluding hydrogens is 483 g/mol. The van der Waals surface area contributed by atoms with Gasteiger partial charge in [0.25, 0.3) is 0 Å². The molecule has 2 N–H and O–H groups in total. The summed E-state index contributed by atoms with van der Waals surface area (Å²) in [6.07, 6.45) is 5.48. The summed E-state index contributed by atoms with van der Waals surface area (Å²) in [6, 6.07) is 15.5. The lowest BCUT2D eigenvalue weighted by molar-refractivity contribution is -0.120. The highest BCUT2D eigenvalue weighted by molar-refractivity contribution is 14.1. The van der Waals surface area contributed by atoms with Gasteiger partial charge >= 0.3 is 0 Å². The quantitative estimate of drug-likeness (QED) is 0.376. The van der Waals surface area contributed by atoms with Crippen molar-refractivity contribution in [3.05, 3.63) is 52.1 Å². The van der Waals surface area contributed by atoms with E-state index in [1.165, 1.54) is 18.2 Å². The maximum Gasteiger partial charge on any atom is 0.237 e. The molecule has 0 heterocycles. The van der Waals surface area contributed by atoms with Gasteiger partial charge in [-0.3, -0.25) is 9.59 Å². The highest BCUT2D eigenvalue weighted by atomic mass is 127. The van der Waals surface area contributed by atoms with E-state index in [1.807, 2.05) is 55.5 Å². The molecule has 0 aromatic heterocycles. The maximum absolute atomic E-state index is 12.5. The average Bonchev–Trinajstić information content (AvgIpc) is 2.70. The van der Waals surface area contributed by atoms with Gasteiger partial charge in [0.2, 0.25) is 11.8 Å². The van der Waals surface area contributed by atoms with Gasteiger partial charge in [-0.15, -0.1) is 11.8 Å². The molecular formula is C22H25IN2O2S. The van der Waals surface area contributed by atoms with Gasteiger partial charge < -0.3 is 10.6 Å². The number of nitrogens with one attached hydrogen (secondary N) is 2. The Bertz CT molecular complexity index is 820. The van der Waals surface area contributed by atoms with Crippen LogP contribution >= 0.6 is 34.4 Å². The van der Waals surface area contributed by atoms with E-state index in [4.69, 9.17) is 0 Å². The lowest BCUT2D eigenvalue weighted by Crippen LogP contribution is -2.24. The van der Waals surface area contributed by atoms with E-state index < -0.39 is 0 Å². The van der Waals surface area contributed by atoms with Crippen LogP contribution in [0.1, 0.15) is 39.0 Å². The predicted octanol–water partition coefficient (Wildman–Crippen LogP) is 5.93. The van der Waals surface area contributed by atoms with Crippen molar-refractivity contribution in [2.45, 2.75) is 49.2 Å². The Morgan fingerprint density at radius 3 is 2.43 bits per heavy atom. The molecule has 2 aromatic carbocycles. The van der Waals surface area contributed by atoms with Crippen molar-refractivity contribution >= 4 is 57.5 Å². The number of benzene rings is 2. The van der Waals surface area contributed by atoms with Crippen LogP contribution < -0.4 is 10.6 Å². The first-order chi connectivity index (χ1) is 13.5. The first-order valence-electron chi connectivity index (χ1n) is 9.65. The minimum absolute atomic E-state index is 0.0390. The van der Waals surface area contributed by atoms with Crippen molar-refractivity contribution in [1.82, 2.24) is 0 Å². The van der Waals surface area contributed by atoms with Crippen LogP contribution in [0.15, 0.2) is 53.4 Å². The molecule has 2 amide bonds. The number of hydrogen-bond donors (Lipinski definition) is 2. The van der Waals surface area contributed by atoms with Crippen LogP contribution in [-0.2, 0) is 9.59 Å². The molecule has 1 unspecified atom stereocenters. The van der Waals surface area contributed by atoms with Gasteiger partial charge in [0.15, 0.2) is 0 Å². The summed E-state index contributed by atoms with van der Waals surface area (Å²) in [7, 11) is 0. The molecule has 1 aliphatic rings. The predicted molar refractivity (Wildman–Crippen MR) is 125 cm³/mol. The fourth-order valence-electron chi connectivity index (χ4n) is 3.29. The number of thioether (sulfide) groups is 1. The number of carbonyl (C=O) groups is 2. The van der Waals surface area contributed by atoms with E-state index in [9.17, 15) is 9.59 Å². The van der Waals surface area contributed by atoms with E-state index in [0.717, 1.165) is 45.5 Å². The molecule has 2 aromatic rings. The van der Waals surface area contributed by atoms with E-state index in [1.54, 1.807) is 0 Å². The topological polar surface area (TPSA) is 58.2 Å². The smallest absolute Gasteiger partial charge is 0.237 e. The monoisotopic (exact) mass is 508 g/mol. The third-order valence-electron chi connectivity index (χ3n) is 4.87. The van der Waals surface area contributed by atoms with Gasteiger partial charge in [-0.25, -0.2) is 0 Å². The minimum Gasteiger partial charge on any atom is -0.326 e. The van der Waals surface area contributed by atoms with E-state index in [0.29, 0.717) is 0 Å². The van der Waals surface area contributed by atoms with Crippen molar-refractivity contribution in [2.24, 2.45) is 5.92 Å². The zero-order chi connectivity index (χ0) is 19.9. The number of hydrogen-bond acceptors (Lipinski definition) is 3. The fourth-order valence-corrected chi connectivity index (χ4v) is 4.58. The summed E-state index contributed by atoms with van der Waals surface area (Å²) in [5, 5.41) is 5.75. The van der Waals surface area contributed by atoms with Crippen molar-refractivity contribution in [3.63, 3.8) is 0 Å². The van der Waals surface area contributed by atoms with Crippen molar-refractivity contribution in [3.8, 4) is 0 Å².